The first-order valence-electron chi connectivity index (χ1n) is 13.8. The van der Waals surface area contributed by atoms with E-state index in [2.05, 4.69) is 10.6 Å². The molecule has 0 bridgehead atoms. The number of carbonyl (C=O) groups excluding carboxylic acids is 3. The average molecular weight is 543 g/mol. The molecule has 2 N–H and O–H groups in total. The van der Waals surface area contributed by atoms with E-state index in [9.17, 15) is 14.4 Å². The molecule has 4 aromatic carbocycles. The summed E-state index contributed by atoms with van der Waals surface area (Å²) in [7, 11) is 0. The molecule has 0 radical (unpaired) electrons. The van der Waals surface area contributed by atoms with Crippen molar-refractivity contribution in [2.75, 3.05) is 16.8 Å². The number of rotatable bonds is 6. The van der Waals surface area contributed by atoms with Gasteiger partial charge in [0.25, 0.3) is 5.91 Å². The summed E-state index contributed by atoms with van der Waals surface area (Å²) in [6, 6.07) is 29.6. The molecule has 3 amide bonds. The standard InChI is InChI=1S/C34H30N4O3/c1-22-10-5-6-15-27(22)30(39)21-38-29-17-8-7-16-28(29)31(24-11-3-2-4-12-24)36-32(33(38)40)37-34(41)35-26-19-18-23-13-9-14-25(23)20-26/h2-8,10-12,15-20,32H,9,13-14,21H2,1H3,(H2,35,37,41)/t32-/m0/s1. The molecule has 1 atom stereocenters. The molecule has 0 aromatic heterocycles. The molecule has 2 aliphatic rings. The number of para-hydroxylation sites is 1. The Hall–Kier alpha value is -5.04. The van der Waals surface area contributed by atoms with E-state index in [1.54, 1.807) is 6.07 Å². The number of amides is 3. The highest BCUT2D eigenvalue weighted by Crippen LogP contribution is 2.29. The van der Waals surface area contributed by atoms with Crippen LogP contribution in [0.4, 0.5) is 16.2 Å². The SMILES string of the molecule is Cc1ccccc1C(=O)CN1C(=O)[C@H](NC(=O)Nc2ccc3c(c2)CCC3)N=C(c2ccccc2)c2ccccc21. The maximum Gasteiger partial charge on any atom is 0.321 e. The monoisotopic (exact) mass is 542 g/mol. The minimum atomic E-state index is -1.25. The quantitative estimate of drug-likeness (QED) is 0.306. The van der Waals surface area contributed by atoms with Crippen molar-refractivity contribution >= 4 is 34.8 Å². The number of hydrogen-bond donors (Lipinski definition) is 2. The number of benzene rings is 4. The number of hydrogen-bond acceptors (Lipinski definition) is 4. The van der Waals surface area contributed by atoms with Crippen LogP contribution < -0.4 is 15.5 Å². The number of benzodiazepines with no additional fused rings is 1. The Balaban J connectivity index is 1.36. The molecule has 41 heavy (non-hydrogen) atoms. The Morgan fingerprint density at radius 3 is 2.44 bits per heavy atom. The third-order valence-electron chi connectivity index (χ3n) is 7.63. The number of aryl methyl sites for hydroxylation is 3. The molecule has 0 fully saturated rings. The lowest BCUT2D eigenvalue weighted by atomic mass is 9.99. The van der Waals surface area contributed by atoms with E-state index in [0.29, 0.717) is 28.2 Å². The molecular weight excluding hydrogens is 512 g/mol. The molecule has 7 heteroatoms. The summed E-state index contributed by atoms with van der Waals surface area (Å²) in [4.78, 5) is 47.0. The highest BCUT2D eigenvalue weighted by atomic mass is 16.2. The van der Waals surface area contributed by atoms with E-state index in [1.165, 1.54) is 16.0 Å². The largest absolute Gasteiger partial charge is 0.321 e. The first kappa shape index (κ1) is 26.2. The number of urea groups is 1. The smallest absolute Gasteiger partial charge is 0.308 e. The van der Waals surface area contributed by atoms with E-state index in [1.807, 2.05) is 97.9 Å². The fourth-order valence-electron chi connectivity index (χ4n) is 5.57. The fraction of sp³-hybridized carbons (Fsp3) is 0.176. The van der Waals surface area contributed by atoms with Crippen molar-refractivity contribution in [1.29, 1.82) is 0 Å². The first-order valence-corrected chi connectivity index (χ1v) is 13.8. The summed E-state index contributed by atoms with van der Waals surface area (Å²) in [6.07, 6.45) is 1.89. The molecule has 1 aliphatic carbocycles. The molecule has 1 heterocycles. The van der Waals surface area contributed by atoms with Crippen molar-refractivity contribution in [3.8, 4) is 0 Å². The van der Waals surface area contributed by atoms with Gasteiger partial charge >= 0.3 is 6.03 Å². The number of Topliss-reactive ketones (excluding diaryl/α,β-unsaturated/α-hetero) is 1. The predicted octanol–water partition coefficient (Wildman–Crippen LogP) is 5.70. The van der Waals surface area contributed by atoms with Gasteiger partial charge in [0.2, 0.25) is 6.17 Å². The van der Waals surface area contributed by atoms with Gasteiger partial charge in [-0.05, 0) is 61.1 Å². The fourth-order valence-corrected chi connectivity index (χ4v) is 5.57. The van der Waals surface area contributed by atoms with Gasteiger partial charge in [0.1, 0.15) is 0 Å². The second-order valence-electron chi connectivity index (χ2n) is 10.4. The molecular formula is C34H30N4O3. The molecule has 1 aliphatic heterocycles. The molecule has 4 aromatic rings. The van der Waals surface area contributed by atoms with Gasteiger partial charge in [-0.1, -0.05) is 78.9 Å². The minimum absolute atomic E-state index is 0.192. The summed E-state index contributed by atoms with van der Waals surface area (Å²) in [5.74, 6) is -0.690. The van der Waals surface area contributed by atoms with Crippen LogP contribution in [0.1, 0.15) is 44.6 Å². The zero-order chi connectivity index (χ0) is 28.3. The number of nitrogens with zero attached hydrogens (tertiary/aromatic N) is 2. The Bertz CT molecular complexity index is 1680. The van der Waals surface area contributed by atoms with Gasteiger partial charge in [0, 0.05) is 22.4 Å². The third kappa shape index (κ3) is 5.39. The van der Waals surface area contributed by atoms with Crippen LogP contribution >= 0.6 is 0 Å². The number of ketones is 1. The van der Waals surface area contributed by atoms with Crippen molar-refractivity contribution in [3.63, 3.8) is 0 Å². The maximum absolute atomic E-state index is 14.1. The average Bonchev–Trinajstić information content (AvgIpc) is 3.42. The van der Waals surface area contributed by atoms with Gasteiger partial charge in [-0.25, -0.2) is 9.79 Å². The van der Waals surface area contributed by atoms with Crippen LogP contribution in [0, 0.1) is 6.92 Å². The van der Waals surface area contributed by atoms with Crippen LogP contribution in [0.25, 0.3) is 0 Å². The van der Waals surface area contributed by atoms with E-state index < -0.39 is 18.1 Å². The molecule has 0 unspecified atom stereocenters. The molecule has 204 valence electrons. The predicted molar refractivity (Wildman–Crippen MR) is 161 cm³/mol. The maximum atomic E-state index is 14.1. The highest BCUT2D eigenvalue weighted by molar-refractivity contribution is 6.21. The first-order chi connectivity index (χ1) is 20.0. The summed E-state index contributed by atoms with van der Waals surface area (Å²) in [5.41, 5.74) is 7.19. The number of nitrogens with one attached hydrogen (secondary N) is 2. The summed E-state index contributed by atoms with van der Waals surface area (Å²) in [6.45, 7) is 1.68. The number of carbonyl (C=O) groups is 3. The lowest BCUT2D eigenvalue weighted by Crippen LogP contribution is -2.50. The molecule has 0 spiro atoms. The Morgan fingerprint density at radius 1 is 0.878 bits per heavy atom. The zero-order valence-corrected chi connectivity index (χ0v) is 22.8. The van der Waals surface area contributed by atoms with Gasteiger partial charge in [0.05, 0.1) is 17.9 Å². The number of anilines is 2. The van der Waals surface area contributed by atoms with Crippen LogP contribution in [-0.4, -0.2) is 36.1 Å². The van der Waals surface area contributed by atoms with Crippen LogP contribution in [-0.2, 0) is 17.6 Å². The summed E-state index contributed by atoms with van der Waals surface area (Å²) < 4.78 is 0. The molecule has 6 rings (SSSR count). The van der Waals surface area contributed by atoms with Crippen LogP contribution in [0.2, 0.25) is 0 Å². The second kappa shape index (κ2) is 11.2. The summed E-state index contributed by atoms with van der Waals surface area (Å²) in [5, 5.41) is 5.64. The van der Waals surface area contributed by atoms with Gasteiger partial charge in [0.15, 0.2) is 5.78 Å². The summed E-state index contributed by atoms with van der Waals surface area (Å²) >= 11 is 0. The Kier molecular flexibility index (Phi) is 7.17. The van der Waals surface area contributed by atoms with E-state index in [4.69, 9.17) is 4.99 Å². The van der Waals surface area contributed by atoms with Gasteiger partial charge in [-0.15, -0.1) is 0 Å². The normalized spacial score (nSPS) is 15.8. The number of aliphatic imine (C=N–C) groups is 1. The van der Waals surface area contributed by atoms with Gasteiger partial charge in [-0.2, -0.15) is 0 Å². The number of fused-ring (bicyclic) bond motifs is 2. The lowest BCUT2D eigenvalue weighted by Gasteiger charge is -2.25. The zero-order valence-electron chi connectivity index (χ0n) is 22.8. The Labute approximate surface area is 238 Å². The third-order valence-corrected chi connectivity index (χ3v) is 7.63. The molecule has 0 saturated carbocycles. The van der Waals surface area contributed by atoms with Crippen molar-refractivity contribution < 1.29 is 14.4 Å². The van der Waals surface area contributed by atoms with Crippen LogP contribution in [0.15, 0.2) is 102 Å². The lowest BCUT2D eigenvalue weighted by molar-refractivity contribution is -0.120. The van der Waals surface area contributed by atoms with Crippen molar-refractivity contribution in [2.24, 2.45) is 4.99 Å². The van der Waals surface area contributed by atoms with Crippen molar-refractivity contribution in [1.82, 2.24) is 5.32 Å². The topological polar surface area (TPSA) is 90.9 Å². The van der Waals surface area contributed by atoms with Crippen molar-refractivity contribution in [3.05, 3.63) is 130 Å². The Morgan fingerprint density at radius 2 is 1.61 bits per heavy atom. The highest BCUT2D eigenvalue weighted by Gasteiger charge is 2.34. The van der Waals surface area contributed by atoms with Crippen molar-refractivity contribution in [2.45, 2.75) is 32.4 Å². The molecule has 0 saturated heterocycles. The molecule has 7 nitrogen and oxygen atoms in total. The minimum Gasteiger partial charge on any atom is -0.308 e. The van der Waals surface area contributed by atoms with Crippen LogP contribution in [0.5, 0.6) is 0 Å². The van der Waals surface area contributed by atoms with Gasteiger partial charge < -0.3 is 15.5 Å². The van der Waals surface area contributed by atoms with Crippen LogP contribution in [0.3, 0.4) is 0 Å². The van der Waals surface area contributed by atoms with E-state index >= 15 is 0 Å². The van der Waals surface area contributed by atoms with E-state index in [0.717, 1.165) is 30.4 Å². The second-order valence-corrected chi connectivity index (χ2v) is 10.4. The van der Waals surface area contributed by atoms with Gasteiger partial charge in [-0.3, -0.25) is 9.59 Å². The van der Waals surface area contributed by atoms with E-state index in [-0.39, 0.29) is 12.3 Å².